The predicted molar refractivity (Wildman–Crippen MR) is 273 cm³/mol. The van der Waals surface area contributed by atoms with Crippen LogP contribution in [0.25, 0.3) is 82.8 Å². The summed E-state index contributed by atoms with van der Waals surface area (Å²) in [6.07, 6.45) is 0. The summed E-state index contributed by atoms with van der Waals surface area (Å²) in [7, 11) is 0. The molecule has 0 fully saturated rings. The van der Waals surface area contributed by atoms with Gasteiger partial charge in [-0.25, -0.2) is 0 Å². The van der Waals surface area contributed by atoms with Crippen LogP contribution in [0.3, 0.4) is 0 Å². The van der Waals surface area contributed by atoms with Crippen LogP contribution in [0.5, 0.6) is 0 Å². The van der Waals surface area contributed by atoms with E-state index < -0.39 is 0 Å². The van der Waals surface area contributed by atoms with Crippen molar-refractivity contribution in [2.75, 3.05) is 4.90 Å². The van der Waals surface area contributed by atoms with Crippen molar-refractivity contribution in [3.63, 3.8) is 0 Å². The van der Waals surface area contributed by atoms with Gasteiger partial charge < -0.3 is 9.47 Å². The standard InChI is InChI=1S/C62H48N2/c1-62(2,3)46-40-41-58(54(42-46)44-24-9-5-10-25-44)64(55-36-16-13-30-49(55)51-34-20-27-45-26-19-33-48(60(45)51)43-22-7-4-8-23-43)56-37-17-14-31-50(56)52-35-21-39-59-61(52)53-32-15-18-38-57(53)63(59)47-28-11-6-12-29-47/h4-42H,1-3H3. The lowest BCUT2D eigenvalue weighted by molar-refractivity contribution is 0.590. The van der Waals surface area contributed by atoms with E-state index in [4.69, 9.17) is 0 Å². The number of rotatable bonds is 8. The van der Waals surface area contributed by atoms with Crippen molar-refractivity contribution < 1.29 is 0 Å². The lowest BCUT2D eigenvalue weighted by Crippen LogP contribution is -2.16. The molecule has 0 bridgehead atoms. The highest BCUT2D eigenvalue weighted by Crippen LogP contribution is 2.51. The molecule has 1 aromatic heterocycles. The summed E-state index contributed by atoms with van der Waals surface area (Å²) in [5.41, 5.74) is 17.5. The van der Waals surface area contributed by atoms with E-state index in [0.29, 0.717) is 0 Å². The van der Waals surface area contributed by atoms with Crippen LogP contribution in [0.15, 0.2) is 237 Å². The Balaban J connectivity index is 1.24. The van der Waals surface area contributed by atoms with Gasteiger partial charge in [0, 0.05) is 33.2 Å². The molecule has 2 nitrogen and oxygen atoms in total. The van der Waals surface area contributed by atoms with E-state index in [9.17, 15) is 0 Å². The third kappa shape index (κ3) is 6.76. The Kier molecular flexibility index (Phi) is 9.78. The molecule has 0 unspecified atom stereocenters. The molecule has 11 rings (SSSR count). The second-order valence-corrected chi connectivity index (χ2v) is 17.7. The number of hydrogen-bond donors (Lipinski definition) is 0. The van der Waals surface area contributed by atoms with Crippen molar-refractivity contribution in [2.24, 2.45) is 0 Å². The molecule has 0 spiro atoms. The maximum absolute atomic E-state index is 2.54. The molecular formula is C62H48N2. The lowest BCUT2D eigenvalue weighted by Gasteiger charge is -2.33. The van der Waals surface area contributed by atoms with E-state index >= 15 is 0 Å². The highest BCUT2D eigenvalue weighted by molar-refractivity contribution is 6.17. The second kappa shape index (κ2) is 16.1. The summed E-state index contributed by atoms with van der Waals surface area (Å²) in [4.78, 5) is 2.54. The number of hydrogen-bond acceptors (Lipinski definition) is 1. The molecule has 1 heterocycles. The zero-order valence-electron chi connectivity index (χ0n) is 36.4. The van der Waals surface area contributed by atoms with Crippen molar-refractivity contribution in [1.82, 2.24) is 4.57 Å². The van der Waals surface area contributed by atoms with Gasteiger partial charge in [-0.2, -0.15) is 0 Å². The first-order chi connectivity index (χ1) is 31.4. The van der Waals surface area contributed by atoms with Gasteiger partial charge in [0.1, 0.15) is 0 Å². The third-order valence-corrected chi connectivity index (χ3v) is 12.8. The summed E-state index contributed by atoms with van der Waals surface area (Å²) in [6.45, 7) is 6.91. The molecule has 64 heavy (non-hydrogen) atoms. The zero-order chi connectivity index (χ0) is 43.2. The molecular weight excluding hydrogens is 773 g/mol. The van der Waals surface area contributed by atoms with E-state index in [1.807, 2.05) is 0 Å². The maximum atomic E-state index is 2.54. The van der Waals surface area contributed by atoms with Gasteiger partial charge in [0.25, 0.3) is 0 Å². The first-order valence-corrected chi connectivity index (χ1v) is 22.3. The Morgan fingerprint density at radius 2 is 0.812 bits per heavy atom. The molecule has 10 aromatic carbocycles. The normalized spacial score (nSPS) is 11.7. The lowest BCUT2D eigenvalue weighted by atomic mass is 9.84. The number of nitrogens with zero attached hydrogens (tertiary/aromatic N) is 2. The highest BCUT2D eigenvalue weighted by Gasteiger charge is 2.27. The molecule has 0 radical (unpaired) electrons. The van der Waals surface area contributed by atoms with Crippen molar-refractivity contribution in [3.8, 4) is 50.2 Å². The number of benzene rings is 10. The summed E-state index contributed by atoms with van der Waals surface area (Å²) in [6, 6.07) is 86.6. The SMILES string of the molecule is CC(C)(C)c1ccc(N(c2ccccc2-c2cccc3cccc(-c4ccccc4)c23)c2ccccc2-c2cccc3c2c2ccccc2n3-c2ccccc2)c(-c2ccccc2)c1. The largest absolute Gasteiger partial charge is 0.309 e. The van der Waals surface area contributed by atoms with E-state index in [2.05, 4.69) is 267 Å². The molecule has 306 valence electrons. The van der Waals surface area contributed by atoms with Gasteiger partial charge in [0.05, 0.1) is 28.1 Å². The molecule has 0 N–H and O–H groups in total. The fourth-order valence-electron chi connectivity index (χ4n) is 9.75. The minimum atomic E-state index is -0.0535. The minimum absolute atomic E-state index is 0.0535. The predicted octanol–water partition coefficient (Wildman–Crippen LogP) is 17.4. The first-order valence-electron chi connectivity index (χ1n) is 22.3. The van der Waals surface area contributed by atoms with Crippen molar-refractivity contribution in [1.29, 1.82) is 0 Å². The van der Waals surface area contributed by atoms with Gasteiger partial charge >= 0.3 is 0 Å². The number of fused-ring (bicyclic) bond motifs is 4. The van der Waals surface area contributed by atoms with E-state index in [-0.39, 0.29) is 5.41 Å². The summed E-state index contributed by atoms with van der Waals surface area (Å²) < 4.78 is 2.41. The molecule has 0 aliphatic heterocycles. The highest BCUT2D eigenvalue weighted by atomic mass is 15.2. The number of para-hydroxylation sites is 4. The summed E-state index contributed by atoms with van der Waals surface area (Å²) in [5.74, 6) is 0. The average molecular weight is 821 g/mol. The van der Waals surface area contributed by atoms with Crippen LogP contribution in [0, 0.1) is 0 Å². The van der Waals surface area contributed by atoms with Gasteiger partial charge in [-0.1, -0.05) is 209 Å². The Bertz CT molecular complexity index is 3460. The molecule has 2 heteroatoms. The average Bonchev–Trinajstić information content (AvgIpc) is 3.69. The molecule has 0 amide bonds. The Labute approximate surface area is 376 Å². The van der Waals surface area contributed by atoms with Crippen LogP contribution >= 0.6 is 0 Å². The molecule has 0 saturated heterocycles. The third-order valence-electron chi connectivity index (χ3n) is 12.8. The summed E-state index contributed by atoms with van der Waals surface area (Å²) in [5, 5.41) is 4.90. The van der Waals surface area contributed by atoms with Gasteiger partial charge in [0.15, 0.2) is 0 Å². The zero-order valence-corrected chi connectivity index (χ0v) is 36.4. The molecule has 11 aromatic rings. The van der Waals surface area contributed by atoms with E-state index in [1.54, 1.807) is 0 Å². The van der Waals surface area contributed by atoms with Gasteiger partial charge in [-0.05, 0) is 98.1 Å². The quantitative estimate of drug-likeness (QED) is 0.148. The smallest absolute Gasteiger partial charge is 0.0547 e. The molecule has 0 aliphatic carbocycles. The molecule has 0 atom stereocenters. The fraction of sp³-hybridized carbons (Fsp3) is 0.0645. The fourth-order valence-corrected chi connectivity index (χ4v) is 9.75. The molecule has 0 aliphatic rings. The number of anilines is 3. The number of aromatic nitrogens is 1. The van der Waals surface area contributed by atoms with Gasteiger partial charge in [-0.15, -0.1) is 0 Å². The second-order valence-electron chi connectivity index (χ2n) is 17.7. The minimum Gasteiger partial charge on any atom is -0.309 e. The maximum Gasteiger partial charge on any atom is 0.0547 e. The van der Waals surface area contributed by atoms with Crippen LogP contribution in [0.2, 0.25) is 0 Å². The Hall–Kier alpha value is -7.94. The van der Waals surface area contributed by atoms with Crippen molar-refractivity contribution in [2.45, 2.75) is 26.2 Å². The van der Waals surface area contributed by atoms with Crippen molar-refractivity contribution in [3.05, 3.63) is 242 Å². The van der Waals surface area contributed by atoms with Crippen LogP contribution in [0.1, 0.15) is 26.3 Å². The molecule has 0 saturated carbocycles. The first kappa shape index (κ1) is 38.9. The van der Waals surface area contributed by atoms with Crippen LogP contribution in [0.4, 0.5) is 17.1 Å². The van der Waals surface area contributed by atoms with Crippen molar-refractivity contribution >= 4 is 49.6 Å². The summed E-state index contributed by atoms with van der Waals surface area (Å²) >= 11 is 0. The Morgan fingerprint density at radius 1 is 0.344 bits per heavy atom. The van der Waals surface area contributed by atoms with Gasteiger partial charge in [-0.3, -0.25) is 0 Å². The monoisotopic (exact) mass is 820 g/mol. The van der Waals surface area contributed by atoms with E-state index in [1.165, 1.54) is 71.5 Å². The topological polar surface area (TPSA) is 8.17 Å². The Morgan fingerprint density at radius 3 is 1.45 bits per heavy atom. The van der Waals surface area contributed by atoms with Crippen LogP contribution < -0.4 is 4.90 Å². The van der Waals surface area contributed by atoms with Crippen LogP contribution in [-0.4, -0.2) is 4.57 Å². The van der Waals surface area contributed by atoms with Gasteiger partial charge in [0.2, 0.25) is 0 Å². The van der Waals surface area contributed by atoms with E-state index in [0.717, 1.165) is 33.9 Å². The van der Waals surface area contributed by atoms with Crippen LogP contribution in [-0.2, 0) is 5.41 Å².